The first kappa shape index (κ1) is 21.3. The number of aromatic nitrogens is 3. The van der Waals surface area contributed by atoms with Gasteiger partial charge < -0.3 is 19.7 Å². The molecule has 0 saturated carbocycles. The number of aromatic carboxylic acids is 2. The minimum atomic E-state index is -4.78. The van der Waals surface area contributed by atoms with Gasteiger partial charge in [-0.2, -0.15) is 9.97 Å². The van der Waals surface area contributed by atoms with E-state index in [0.29, 0.717) is 6.07 Å². The summed E-state index contributed by atoms with van der Waals surface area (Å²) >= 11 is 0. The minimum absolute atomic E-state index is 0.239. The Morgan fingerprint density at radius 2 is 1.55 bits per heavy atom. The van der Waals surface area contributed by atoms with Crippen LogP contribution in [0.2, 0.25) is 0 Å². The molecule has 15 heteroatoms. The summed E-state index contributed by atoms with van der Waals surface area (Å²) in [6, 6.07) is 0.469. The van der Waals surface area contributed by atoms with E-state index in [1.54, 1.807) is 4.72 Å². The van der Waals surface area contributed by atoms with Crippen molar-refractivity contribution in [2.75, 3.05) is 19.5 Å². The quantitative estimate of drug-likeness (QED) is 0.453. The van der Waals surface area contributed by atoms with Crippen molar-refractivity contribution in [3.05, 3.63) is 29.3 Å². The van der Waals surface area contributed by atoms with E-state index in [4.69, 9.17) is 19.7 Å². The van der Waals surface area contributed by atoms with Gasteiger partial charge in [0.15, 0.2) is 0 Å². The Kier molecular flexibility index (Phi) is 6.12. The molecule has 0 radical (unpaired) electrons. The number of nitrogens with one attached hydrogen (secondary N) is 2. The summed E-state index contributed by atoms with van der Waals surface area (Å²) in [5.41, 5.74) is -1.23. The van der Waals surface area contributed by atoms with Crippen molar-refractivity contribution in [1.82, 2.24) is 19.7 Å². The van der Waals surface area contributed by atoms with Gasteiger partial charge in [0.2, 0.25) is 5.95 Å². The van der Waals surface area contributed by atoms with Crippen molar-refractivity contribution in [3.8, 4) is 12.0 Å². The molecule has 0 unspecified atom stereocenters. The molecule has 0 aliphatic heterocycles. The summed E-state index contributed by atoms with van der Waals surface area (Å²) in [4.78, 5) is 44.5. The first-order valence-electron chi connectivity index (χ1n) is 7.36. The van der Waals surface area contributed by atoms with Crippen molar-refractivity contribution in [2.45, 2.75) is 4.90 Å². The molecule has 0 aliphatic rings. The van der Waals surface area contributed by atoms with E-state index in [1.807, 2.05) is 5.32 Å². The van der Waals surface area contributed by atoms with Gasteiger partial charge in [-0.15, -0.1) is 4.98 Å². The molecule has 0 saturated heterocycles. The highest BCUT2D eigenvalue weighted by Gasteiger charge is 2.26. The standard InChI is InChI=1S/C14H13N5O9S/c1-27-13-16-11(17-14(18-13)28-2)15-12(24)19-29(25,26)8-5-6(9(20)21)3-4-7(8)10(22)23/h3-5H,1-2H3,(H,20,21)(H,22,23)(H2,15,16,17,18,19,24). The molecule has 2 rings (SSSR count). The van der Waals surface area contributed by atoms with Gasteiger partial charge in [-0.05, 0) is 18.2 Å². The maximum absolute atomic E-state index is 12.4. The van der Waals surface area contributed by atoms with E-state index in [0.717, 1.165) is 12.1 Å². The van der Waals surface area contributed by atoms with Gasteiger partial charge in [0.25, 0.3) is 10.0 Å². The zero-order valence-corrected chi connectivity index (χ0v) is 15.6. The van der Waals surface area contributed by atoms with Crippen LogP contribution in [0.1, 0.15) is 20.7 Å². The fourth-order valence-electron chi connectivity index (χ4n) is 1.93. The molecule has 0 spiro atoms. The third kappa shape index (κ3) is 5.04. The van der Waals surface area contributed by atoms with Crippen molar-refractivity contribution in [1.29, 1.82) is 0 Å². The van der Waals surface area contributed by atoms with Crippen molar-refractivity contribution < 1.29 is 42.5 Å². The monoisotopic (exact) mass is 427 g/mol. The number of sulfonamides is 1. The van der Waals surface area contributed by atoms with Crippen molar-refractivity contribution >= 4 is 33.9 Å². The van der Waals surface area contributed by atoms with E-state index >= 15 is 0 Å². The lowest BCUT2D eigenvalue weighted by Crippen LogP contribution is -2.35. The second-order valence-corrected chi connectivity index (χ2v) is 6.66. The highest BCUT2D eigenvalue weighted by atomic mass is 32.2. The summed E-state index contributed by atoms with van der Waals surface area (Å²) in [6.45, 7) is 0. The summed E-state index contributed by atoms with van der Waals surface area (Å²) in [7, 11) is -2.33. The van der Waals surface area contributed by atoms with E-state index in [-0.39, 0.29) is 12.0 Å². The first-order chi connectivity index (χ1) is 13.6. The molecule has 4 N–H and O–H groups in total. The smallest absolute Gasteiger partial charge is 0.337 e. The molecular weight excluding hydrogens is 414 g/mol. The summed E-state index contributed by atoms with van der Waals surface area (Å²) in [6.07, 6.45) is 0. The molecule has 2 amide bonds. The number of nitrogens with zero attached hydrogens (tertiary/aromatic N) is 3. The Labute approximate surface area is 162 Å². The zero-order valence-electron chi connectivity index (χ0n) is 14.7. The van der Waals surface area contributed by atoms with Crippen LogP contribution in [0.25, 0.3) is 0 Å². The molecule has 0 atom stereocenters. The fourth-order valence-corrected chi connectivity index (χ4v) is 3.07. The molecule has 1 aromatic carbocycles. The van der Waals surface area contributed by atoms with Crippen LogP contribution < -0.4 is 19.5 Å². The van der Waals surface area contributed by atoms with Gasteiger partial charge in [-0.25, -0.2) is 27.5 Å². The van der Waals surface area contributed by atoms with Gasteiger partial charge in [-0.1, -0.05) is 0 Å². The predicted octanol–water partition coefficient (Wildman–Crippen LogP) is -0.204. The topological polar surface area (TPSA) is 207 Å². The number of amides is 2. The summed E-state index contributed by atoms with van der Waals surface area (Å²) in [5.74, 6) is -3.57. The number of urea groups is 1. The molecule has 1 heterocycles. The number of carboxylic acid groups (broad SMARTS) is 2. The van der Waals surface area contributed by atoms with Crippen LogP contribution in [-0.4, -0.2) is 65.8 Å². The average molecular weight is 427 g/mol. The number of methoxy groups -OCH3 is 2. The van der Waals surface area contributed by atoms with Gasteiger partial charge in [0, 0.05) is 0 Å². The number of carbonyl (C=O) groups is 3. The first-order valence-corrected chi connectivity index (χ1v) is 8.84. The van der Waals surface area contributed by atoms with Crippen molar-refractivity contribution in [2.24, 2.45) is 0 Å². The number of benzene rings is 1. The molecule has 1 aromatic heterocycles. The molecule has 29 heavy (non-hydrogen) atoms. The predicted molar refractivity (Wildman–Crippen MR) is 92.6 cm³/mol. The Morgan fingerprint density at radius 3 is 2.03 bits per heavy atom. The molecule has 0 fully saturated rings. The third-order valence-corrected chi connectivity index (χ3v) is 4.53. The highest BCUT2D eigenvalue weighted by Crippen LogP contribution is 2.19. The Bertz CT molecular complexity index is 1060. The Hall–Kier alpha value is -4.01. The van der Waals surface area contributed by atoms with E-state index in [9.17, 15) is 22.8 Å². The van der Waals surface area contributed by atoms with Gasteiger partial charge in [0.05, 0.1) is 25.3 Å². The molecule has 154 valence electrons. The maximum atomic E-state index is 12.4. The number of ether oxygens (including phenoxy) is 2. The molecule has 0 aliphatic carbocycles. The highest BCUT2D eigenvalue weighted by molar-refractivity contribution is 7.90. The lowest BCUT2D eigenvalue weighted by Gasteiger charge is -2.11. The zero-order chi connectivity index (χ0) is 21.8. The summed E-state index contributed by atoms with van der Waals surface area (Å²) < 4.78 is 36.0. The van der Waals surface area contributed by atoms with Crippen LogP contribution in [0.4, 0.5) is 10.7 Å². The van der Waals surface area contributed by atoms with Crippen LogP contribution in [-0.2, 0) is 10.0 Å². The Morgan fingerprint density at radius 1 is 0.966 bits per heavy atom. The minimum Gasteiger partial charge on any atom is -0.478 e. The van der Waals surface area contributed by atoms with Crippen LogP contribution in [0.15, 0.2) is 23.1 Å². The van der Waals surface area contributed by atoms with E-state index in [1.165, 1.54) is 14.2 Å². The SMILES string of the molecule is COc1nc(NC(=O)NS(=O)(=O)c2cc(C(=O)O)ccc2C(=O)O)nc(OC)n1. The average Bonchev–Trinajstić information content (AvgIpc) is 2.66. The number of rotatable bonds is 7. The van der Waals surface area contributed by atoms with Crippen LogP contribution in [0, 0.1) is 0 Å². The molecular formula is C14H13N5O9S. The van der Waals surface area contributed by atoms with Crippen molar-refractivity contribution in [3.63, 3.8) is 0 Å². The fraction of sp³-hybridized carbons (Fsp3) is 0.143. The summed E-state index contributed by atoms with van der Waals surface area (Å²) in [5, 5.41) is 20.1. The van der Waals surface area contributed by atoms with Gasteiger partial charge >= 0.3 is 30.0 Å². The third-order valence-electron chi connectivity index (χ3n) is 3.16. The van der Waals surface area contributed by atoms with E-state index < -0.39 is 50.0 Å². The van der Waals surface area contributed by atoms with Crippen LogP contribution in [0.5, 0.6) is 12.0 Å². The maximum Gasteiger partial charge on any atom is 0.337 e. The largest absolute Gasteiger partial charge is 0.478 e. The molecule has 2 aromatic rings. The number of anilines is 1. The van der Waals surface area contributed by atoms with E-state index in [2.05, 4.69) is 15.0 Å². The number of hydrogen-bond donors (Lipinski definition) is 4. The number of hydrogen-bond acceptors (Lipinski definition) is 10. The molecule has 0 bridgehead atoms. The van der Waals surface area contributed by atoms with Gasteiger partial charge in [0.1, 0.15) is 4.90 Å². The second kappa shape index (κ2) is 8.34. The lowest BCUT2D eigenvalue weighted by atomic mass is 10.1. The number of carbonyl (C=O) groups excluding carboxylic acids is 1. The lowest BCUT2D eigenvalue weighted by molar-refractivity contribution is 0.0678. The van der Waals surface area contributed by atoms with Gasteiger partial charge in [-0.3, -0.25) is 5.32 Å². The molecule has 14 nitrogen and oxygen atoms in total. The van der Waals surface area contributed by atoms with Crippen LogP contribution >= 0.6 is 0 Å². The van der Waals surface area contributed by atoms with Crippen LogP contribution in [0.3, 0.4) is 0 Å². The second-order valence-electron chi connectivity index (χ2n) is 5.01. The Balaban J connectivity index is 2.34. The normalized spacial score (nSPS) is 10.7. The number of carboxylic acids is 2.